The summed E-state index contributed by atoms with van der Waals surface area (Å²) in [5.74, 6) is 0.869. The number of piperidine rings is 1. The summed E-state index contributed by atoms with van der Waals surface area (Å²) in [6, 6.07) is 7.36. The van der Waals surface area contributed by atoms with Crippen LogP contribution < -0.4 is 10.1 Å². The summed E-state index contributed by atoms with van der Waals surface area (Å²) < 4.78 is 10.3. The molecule has 1 saturated heterocycles. The Hall–Kier alpha value is -2.04. The van der Waals surface area contributed by atoms with Crippen LogP contribution in [-0.4, -0.2) is 32.1 Å². The molecule has 1 aliphatic heterocycles. The standard InChI is InChI=1S/C15H19NO4/c1-19-15(18)9-11-2-4-13(5-3-11)20-10-12-6-7-16-14(17)8-12/h2-5,12H,6-10H2,1H3,(H,16,17). The van der Waals surface area contributed by atoms with Gasteiger partial charge >= 0.3 is 5.97 Å². The quantitative estimate of drug-likeness (QED) is 0.824. The van der Waals surface area contributed by atoms with Crippen LogP contribution in [0.25, 0.3) is 0 Å². The van der Waals surface area contributed by atoms with Crippen LogP contribution in [0.1, 0.15) is 18.4 Å². The molecule has 0 bridgehead atoms. The maximum absolute atomic E-state index is 11.3. The fourth-order valence-corrected chi connectivity index (χ4v) is 2.15. The van der Waals surface area contributed by atoms with Gasteiger partial charge in [0.2, 0.25) is 5.91 Å². The summed E-state index contributed by atoms with van der Waals surface area (Å²) >= 11 is 0. The summed E-state index contributed by atoms with van der Waals surface area (Å²) in [5.41, 5.74) is 0.890. The maximum atomic E-state index is 11.3. The zero-order chi connectivity index (χ0) is 14.4. The van der Waals surface area contributed by atoms with Crippen LogP contribution in [0.15, 0.2) is 24.3 Å². The lowest BCUT2D eigenvalue weighted by atomic mass is 9.99. The van der Waals surface area contributed by atoms with E-state index in [2.05, 4.69) is 10.1 Å². The molecule has 1 heterocycles. The summed E-state index contributed by atoms with van der Waals surface area (Å²) in [6.07, 6.45) is 1.74. The minimum absolute atomic E-state index is 0.0956. The third-order valence-electron chi connectivity index (χ3n) is 3.33. The highest BCUT2D eigenvalue weighted by atomic mass is 16.5. The smallest absolute Gasteiger partial charge is 0.309 e. The third-order valence-corrected chi connectivity index (χ3v) is 3.33. The lowest BCUT2D eigenvalue weighted by molar-refractivity contribution is -0.139. The number of carbonyl (C=O) groups is 2. The van der Waals surface area contributed by atoms with E-state index in [-0.39, 0.29) is 24.2 Å². The van der Waals surface area contributed by atoms with E-state index in [4.69, 9.17) is 4.74 Å². The van der Waals surface area contributed by atoms with Gasteiger partial charge in [-0.1, -0.05) is 12.1 Å². The molecule has 1 N–H and O–H groups in total. The first-order valence-electron chi connectivity index (χ1n) is 6.72. The number of carbonyl (C=O) groups excluding carboxylic acids is 2. The minimum Gasteiger partial charge on any atom is -0.493 e. The van der Waals surface area contributed by atoms with E-state index in [1.54, 1.807) is 0 Å². The molecule has 1 fully saturated rings. The van der Waals surface area contributed by atoms with Crippen molar-refractivity contribution in [1.82, 2.24) is 5.32 Å². The lowest BCUT2D eigenvalue weighted by Gasteiger charge is -2.22. The van der Waals surface area contributed by atoms with E-state index in [0.717, 1.165) is 24.3 Å². The molecule has 1 unspecified atom stereocenters. The highest BCUT2D eigenvalue weighted by Crippen LogP contribution is 2.17. The van der Waals surface area contributed by atoms with Gasteiger partial charge < -0.3 is 14.8 Å². The number of methoxy groups -OCH3 is 1. The van der Waals surface area contributed by atoms with Crippen molar-refractivity contribution in [1.29, 1.82) is 0 Å². The van der Waals surface area contributed by atoms with E-state index in [9.17, 15) is 9.59 Å². The molecule has 1 aromatic carbocycles. The van der Waals surface area contributed by atoms with Gasteiger partial charge in [-0.2, -0.15) is 0 Å². The van der Waals surface area contributed by atoms with E-state index >= 15 is 0 Å². The van der Waals surface area contributed by atoms with E-state index in [1.807, 2.05) is 24.3 Å². The molecule has 0 saturated carbocycles. The van der Waals surface area contributed by atoms with Gasteiger partial charge in [-0.05, 0) is 24.1 Å². The first-order chi connectivity index (χ1) is 9.67. The SMILES string of the molecule is COC(=O)Cc1ccc(OCC2CCNC(=O)C2)cc1. The number of rotatable bonds is 5. The zero-order valence-corrected chi connectivity index (χ0v) is 11.6. The van der Waals surface area contributed by atoms with Crippen LogP contribution in [0.2, 0.25) is 0 Å². The molecule has 1 aromatic rings. The number of amides is 1. The van der Waals surface area contributed by atoms with Crippen LogP contribution in [0, 0.1) is 5.92 Å². The van der Waals surface area contributed by atoms with Crippen LogP contribution in [0.4, 0.5) is 0 Å². The number of hydrogen-bond acceptors (Lipinski definition) is 4. The molecule has 0 aromatic heterocycles. The van der Waals surface area contributed by atoms with Gasteiger partial charge in [-0.3, -0.25) is 9.59 Å². The second-order valence-electron chi connectivity index (χ2n) is 4.92. The molecule has 5 nitrogen and oxygen atoms in total. The summed E-state index contributed by atoms with van der Waals surface area (Å²) in [4.78, 5) is 22.4. The highest BCUT2D eigenvalue weighted by molar-refractivity contribution is 5.76. The number of ether oxygens (including phenoxy) is 2. The van der Waals surface area contributed by atoms with Crippen molar-refractivity contribution in [2.75, 3.05) is 20.3 Å². The molecule has 0 spiro atoms. The maximum Gasteiger partial charge on any atom is 0.309 e. The summed E-state index contributed by atoms with van der Waals surface area (Å²) in [7, 11) is 1.38. The van der Waals surface area contributed by atoms with E-state index < -0.39 is 0 Å². The molecule has 5 heteroatoms. The molecule has 1 atom stereocenters. The van der Waals surface area contributed by atoms with Crippen molar-refractivity contribution in [2.45, 2.75) is 19.3 Å². The Bertz CT molecular complexity index is 469. The van der Waals surface area contributed by atoms with Gasteiger partial charge in [0.15, 0.2) is 0 Å². The van der Waals surface area contributed by atoms with Gasteiger partial charge in [-0.25, -0.2) is 0 Å². The molecule has 0 radical (unpaired) electrons. The Kier molecular flexibility index (Phi) is 4.98. The Balaban J connectivity index is 1.81. The first kappa shape index (κ1) is 14.4. The molecule has 1 aliphatic rings. The Labute approximate surface area is 118 Å². The average Bonchev–Trinajstić information content (AvgIpc) is 2.46. The van der Waals surface area contributed by atoms with Gasteiger partial charge in [0.05, 0.1) is 20.1 Å². The summed E-state index contributed by atoms with van der Waals surface area (Å²) in [6.45, 7) is 1.27. The van der Waals surface area contributed by atoms with Crippen molar-refractivity contribution in [3.8, 4) is 5.75 Å². The normalized spacial score (nSPS) is 18.2. The average molecular weight is 277 g/mol. The van der Waals surface area contributed by atoms with Crippen LogP contribution in [0.3, 0.4) is 0 Å². The Morgan fingerprint density at radius 3 is 2.75 bits per heavy atom. The van der Waals surface area contributed by atoms with Gasteiger partial charge in [0.1, 0.15) is 5.75 Å². The highest BCUT2D eigenvalue weighted by Gasteiger charge is 2.19. The van der Waals surface area contributed by atoms with Crippen molar-refractivity contribution >= 4 is 11.9 Å². The molecule has 2 rings (SSSR count). The van der Waals surface area contributed by atoms with Crippen molar-refractivity contribution < 1.29 is 19.1 Å². The number of nitrogens with one attached hydrogen (secondary N) is 1. The third kappa shape index (κ3) is 4.26. The molecular weight excluding hydrogens is 258 g/mol. The van der Waals surface area contributed by atoms with Gasteiger partial charge in [0.25, 0.3) is 0 Å². The molecule has 0 aliphatic carbocycles. The molecule has 108 valence electrons. The van der Waals surface area contributed by atoms with Crippen LogP contribution >= 0.6 is 0 Å². The van der Waals surface area contributed by atoms with E-state index in [0.29, 0.717) is 13.0 Å². The predicted octanol–water partition coefficient (Wildman–Crippen LogP) is 1.31. The molecule has 1 amide bonds. The molecular formula is C15H19NO4. The van der Waals surface area contributed by atoms with Gasteiger partial charge in [0, 0.05) is 18.9 Å². The van der Waals surface area contributed by atoms with Crippen LogP contribution in [0.5, 0.6) is 5.75 Å². The predicted molar refractivity (Wildman–Crippen MR) is 73.4 cm³/mol. The van der Waals surface area contributed by atoms with Gasteiger partial charge in [-0.15, -0.1) is 0 Å². The fourth-order valence-electron chi connectivity index (χ4n) is 2.15. The van der Waals surface area contributed by atoms with Crippen molar-refractivity contribution in [2.24, 2.45) is 5.92 Å². The lowest BCUT2D eigenvalue weighted by Crippen LogP contribution is -2.35. The van der Waals surface area contributed by atoms with Crippen molar-refractivity contribution in [3.05, 3.63) is 29.8 Å². The number of esters is 1. The fraction of sp³-hybridized carbons (Fsp3) is 0.467. The Morgan fingerprint density at radius 1 is 1.35 bits per heavy atom. The second kappa shape index (κ2) is 6.93. The zero-order valence-electron chi connectivity index (χ0n) is 11.6. The number of benzene rings is 1. The van der Waals surface area contributed by atoms with Crippen LogP contribution in [-0.2, 0) is 20.7 Å². The largest absolute Gasteiger partial charge is 0.493 e. The van der Waals surface area contributed by atoms with Crippen molar-refractivity contribution in [3.63, 3.8) is 0 Å². The topological polar surface area (TPSA) is 64.6 Å². The summed E-state index contributed by atoms with van der Waals surface area (Å²) in [5, 5.41) is 2.80. The van der Waals surface area contributed by atoms with E-state index in [1.165, 1.54) is 7.11 Å². The second-order valence-corrected chi connectivity index (χ2v) is 4.92. The first-order valence-corrected chi connectivity index (χ1v) is 6.72. The molecule has 20 heavy (non-hydrogen) atoms. The minimum atomic E-state index is -0.258. The monoisotopic (exact) mass is 277 g/mol. The number of hydrogen-bond donors (Lipinski definition) is 1. The Morgan fingerprint density at radius 2 is 2.10 bits per heavy atom.